The highest BCUT2D eigenvalue weighted by Gasteiger charge is 2.35. The van der Waals surface area contributed by atoms with Crippen molar-refractivity contribution < 1.29 is 0 Å². The summed E-state index contributed by atoms with van der Waals surface area (Å²) in [5, 5.41) is 2.65. The number of hydrogen-bond acceptors (Lipinski definition) is 2. The Labute approximate surface area is 245 Å². The van der Waals surface area contributed by atoms with Gasteiger partial charge in [0.15, 0.2) is 0 Å². The molecule has 7 aromatic rings. The molecule has 0 atom stereocenters. The number of anilines is 3. The van der Waals surface area contributed by atoms with E-state index in [1.54, 1.807) is 0 Å². The van der Waals surface area contributed by atoms with Crippen molar-refractivity contribution >= 4 is 48.6 Å². The van der Waals surface area contributed by atoms with Crippen LogP contribution >= 0.6 is 11.3 Å². The lowest BCUT2D eigenvalue weighted by Gasteiger charge is -2.30. The highest BCUT2D eigenvalue weighted by Crippen LogP contribution is 2.51. The van der Waals surface area contributed by atoms with Gasteiger partial charge in [-0.15, -0.1) is 11.3 Å². The molecule has 0 fully saturated rings. The summed E-state index contributed by atoms with van der Waals surface area (Å²) in [5.74, 6) is 0. The van der Waals surface area contributed by atoms with Crippen molar-refractivity contribution in [3.63, 3.8) is 0 Å². The Hall–Kier alpha value is -4.66. The van der Waals surface area contributed by atoms with E-state index in [0.29, 0.717) is 0 Å². The summed E-state index contributed by atoms with van der Waals surface area (Å²) in [4.78, 5) is 2.43. The first kappa shape index (κ1) is 24.2. The summed E-state index contributed by atoms with van der Waals surface area (Å²) in [7, 11) is 0. The van der Waals surface area contributed by atoms with Crippen LogP contribution in [0.3, 0.4) is 0 Å². The molecular weight excluding hydrogens is 515 g/mol. The summed E-state index contributed by atoms with van der Waals surface area (Å²) in [6.07, 6.45) is 0. The average Bonchev–Trinajstić information content (AvgIpc) is 3.51. The zero-order chi connectivity index (χ0) is 27.6. The second-order valence-corrected chi connectivity index (χ2v) is 12.4. The van der Waals surface area contributed by atoms with Crippen LogP contribution in [0.5, 0.6) is 0 Å². The monoisotopic (exact) mass is 543 g/mol. The van der Waals surface area contributed by atoms with Gasteiger partial charge < -0.3 is 4.90 Å². The molecule has 1 aliphatic rings. The highest BCUT2D eigenvalue weighted by molar-refractivity contribution is 7.25. The molecule has 0 radical (unpaired) electrons. The molecule has 0 amide bonds. The normalized spacial score (nSPS) is 13.3. The van der Waals surface area contributed by atoms with Crippen LogP contribution in [0.1, 0.15) is 25.0 Å². The zero-order valence-electron chi connectivity index (χ0n) is 23.1. The van der Waals surface area contributed by atoms with Crippen LogP contribution in [0.25, 0.3) is 42.4 Å². The SMILES string of the molecule is CC1(C)c2ccccc2-c2ccc(N(c3ccccc3)c3ccccc3-c3cccc4sc5ccccc5c34)cc21. The number of nitrogens with zero attached hydrogens (tertiary/aromatic N) is 1. The third-order valence-electron chi connectivity index (χ3n) is 8.68. The number of thiophene rings is 1. The summed E-state index contributed by atoms with van der Waals surface area (Å²) in [6, 6.07) is 51.1. The molecule has 196 valence electrons. The van der Waals surface area contributed by atoms with E-state index in [1.807, 2.05) is 11.3 Å². The Morgan fingerprint density at radius 3 is 2.02 bits per heavy atom. The molecule has 0 N–H and O–H groups in total. The quantitative estimate of drug-likeness (QED) is 0.213. The van der Waals surface area contributed by atoms with Crippen LogP contribution in [0, 0.1) is 0 Å². The number of fused-ring (bicyclic) bond motifs is 6. The second-order valence-electron chi connectivity index (χ2n) is 11.4. The van der Waals surface area contributed by atoms with Gasteiger partial charge in [0.05, 0.1) is 5.69 Å². The van der Waals surface area contributed by atoms with Crippen molar-refractivity contribution in [3.05, 3.63) is 151 Å². The van der Waals surface area contributed by atoms with E-state index in [2.05, 4.69) is 158 Å². The van der Waals surface area contributed by atoms with E-state index >= 15 is 0 Å². The van der Waals surface area contributed by atoms with Crippen LogP contribution in [0.15, 0.2) is 140 Å². The minimum atomic E-state index is -0.0645. The van der Waals surface area contributed by atoms with Gasteiger partial charge in [0.1, 0.15) is 0 Å². The number of para-hydroxylation sites is 2. The van der Waals surface area contributed by atoms with Crippen molar-refractivity contribution in [3.8, 4) is 22.3 Å². The fraction of sp³-hybridized carbons (Fsp3) is 0.0769. The molecule has 1 nitrogen and oxygen atoms in total. The summed E-state index contributed by atoms with van der Waals surface area (Å²) in [5.41, 5.74) is 11.4. The van der Waals surface area contributed by atoms with E-state index < -0.39 is 0 Å². The maximum atomic E-state index is 2.43. The average molecular weight is 544 g/mol. The smallest absolute Gasteiger partial charge is 0.0540 e. The van der Waals surface area contributed by atoms with Gasteiger partial charge in [-0.2, -0.15) is 0 Å². The van der Waals surface area contributed by atoms with E-state index in [4.69, 9.17) is 0 Å². The van der Waals surface area contributed by atoms with Crippen molar-refractivity contribution in [2.45, 2.75) is 19.3 Å². The van der Waals surface area contributed by atoms with Crippen molar-refractivity contribution in [1.82, 2.24) is 0 Å². The van der Waals surface area contributed by atoms with Gasteiger partial charge in [-0.05, 0) is 70.3 Å². The Morgan fingerprint density at radius 1 is 0.488 bits per heavy atom. The van der Waals surface area contributed by atoms with Gasteiger partial charge in [-0.1, -0.05) is 111 Å². The van der Waals surface area contributed by atoms with Crippen LogP contribution in [0.4, 0.5) is 17.1 Å². The van der Waals surface area contributed by atoms with Gasteiger partial charge >= 0.3 is 0 Å². The Kier molecular flexibility index (Phi) is 5.42. The van der Waals surface area contributed by atoms with Crippen LogP contribution in [-0.2, 0) is 5.41 Å². The molecule has 0 saturated heterocycles. The molecule has 0 unspecified atom stereocenters. The Balaban J connectivity index is 1.38. The first-order valence-corrected chi connectivity index (χ1v) is 15.0. The summed E-state index contributed by atoms with van der Waals surface area (Å²) >= 11 is 1.87. The van der Waals surface area contributed by atoms with Crippen LogP contribution < -0.4 is 4.90 Å². The minimum Gasteiger partial charge on any atom is -0.310 e. The zero-order valence-corrected chi connectivity index (χ0v) is 24.0. The third kappa shape index (κ3) is 3.68. The van der Waals surface area contributed by atoms with Crippen molar-refractivity contribution in [1.29, 1.82) is 0 Å². The number of hydrogen-bond donors (Lipinski definition) is 0. The lowest BCUT2D eigenvalue weighted by Crippen LogP contribution is -2.16. The molecular formula is C39H29NS. The number of rotatable bonds is 4. The topological polar surface area (TPSA) is 3.24 Å². The van der Waals surface area contributed by atoms with Crippen molar-refractivity contribution in [2.75, 3.05) is 4.90 Å². The molecule has 0 aliphatic heterocycles. The Morgan fingerprint density at radius 2 is 1.15 bits per heavy atom. The van der Waals surface area contributed by atoms with Gasteiger partial charge in [0.2, 0.25) is 0 Å². The molecule has 0 saturated carbocycles. The fourth-order valence-electron chi connectivity index (χ4n) is 6.73. The van der Waals surface area contributed by atoms with Gasteiger partial charge in [0.25, 0.3) is 0 Å². The first-order valence-electron chi connectivity index (χ1n) is 14.2. The van der Waals surface area contributed by atoms with E-state index in [-0.39, 0.29) is 5.41 Å². The molecule has 2 heteroatoms. The lowest BCUT2D eigenvalue weighted by molar-refractivity contribution is 0.660. The maximum Gasteiger partial charge on any atom is 0.0540 e. The molecule has 41 heavy (non-hydrogen) atoms. The molecule has 6 aromatic carbocycles. The van der Waals surface area contributed by atoms with Gasteiger partial charge in [0, 0.05) is 42.5 Å². The molecule has 1 aliphatic carbocycles. The predicted octanol–water partition coefficient (Wildman–Crippen LogP) is 11.5. The molecule has 1 heterocycles. The largest absolute Gasteiger partial charge is 0.310 e. The Bertz CT molecular complexity index is 2080. The predicted molar refractivity (Wildman–Crippen MR) is 177 cm³/mol. The lowest BCUT2D eigenvalue weighted by atomic mass is 9.82. The minimum absolute atomic E-state index is 0.0645. The van der Waals surface area contributed by atoms with E-state index in [9.17, 15) is 0 Å². The summed E-state index contributed by atoms with van der Waals surface area (Å²) in [6.45, 7) is 4.70. The molecule has 8 rings (SSSR count). The van der Waals surface area contributed by atoms with Crippen molar-refractivity contribution in [2.24, 2.45) is 0 Å². The molecule has 0 bridgehead atoms. The van der Waals surface area contributed by atoms with E-state index in [1.165, 1.54) is 64.9 Å². The number of benzene rings is 6. The summed E-state index contributed by atoms with van der Waals surface area (Å²) < 4.78 is 2.65. The molecule has 1 aromatic heterocycles. The van der Waals surface area contributed by atoms with Gasteiger partial charge in [-0.25, -0.2) is 0 Å². The maximum absolute atomic E-state index is 2.43. The van der Waals surface area contributed by atoms with Gasteiger partial charge in [-0.3, -0.25) is 0 Å². The fourth-order valence-corrected chi connectivity index (χ4v) is 7.86. The standard InChI is InChI=1S/C39H29NS/c1-39(2)33-19-9-6-15-28(33)29-24-23-27(25-34(29)39)40(26-13-4-3-5-14-26)35-20-10-7-16-30(35)31-18-12-22-37-38(31)32-17-8-11-21-36(32)41-37/h3-25H,1-2H3. The second kappa shape index (κ2) is 9.19. The van der Waals surface area contributed by atoms with Crippen LogP contribution in [0.2, 0.25) is 0 Å². The third-order valence-corrected chi connectivity index (χ3v) is 9.81. The molecule has 0 spiro atoms. The highest BCUT2D eigenvalue weighted by atomic mass is 32.1. The first-order chi connectivity index (χ1) is 20.1. The van der Waals surface area contributed by atoms with E-state index in [0.717, 1.165) is 5.69 Å². The van der Waals surface area contributed by atoms with Crippen LogP contribution in [-0.4, -0.2) is 0 Å².